The van der Waals surface area contributed by atoms with Gasteiger partial charge in [0, 0.05) is 41.6 Å². The first-order valence-corrected chi connectivity index (χ1v) is 9.60. The highest BCUT2D eigenvalue weighted by Gasteiger charge is 2.24. The molecule has 5 heteroatoms. The molecule has 128 valence electrons. The molecular weight excluding hydrogens is 352 g/mol. The van der Waals surface area contributed by atoms with Crippen LogP contribution in [0, 0.1) is 6.92 Å². The number of piperazine rings is 1. The number of hydrogen-bond donors (Lipinski definition) is 0. The van der Waals surface area contributed by atoms with Gasteiger partial charge < -0.3 is 9.80 Å². The first-order chi connectivity index (χ1) is 12.1. The van der Waals surface area contributed by atoms with Crippen LogP contribution < -0.4 is 4.90 Å². The van der Waals surface area contributed by atoms with Gasteiger partial charge in [0.05, 0.1) is 4.88 Å². The summed E-state index contributed by atoms with van der Waals surface area (Å²) < 4.78 is 1.17. The zero-order valence-corrected chi connectivity index (χ0v) is 15.6. The van der Waals surface area contributed by atoms with Gasteiger partial charge in [-0.25, -0.2) is 0 Å². The van der Waals surface area contributed by atoms with E-state index in [2.05, 4.69) is 24.0 Å². The largest absolute Gasteiger partial charge is 0.368 e. The van der Waals surface area contributed by atoms with Gasteiger partial charge in [-0.15, -0.1) is 11.3 Å². The van der Waals surface area contributed by atoms with Crippen molar-refractivity contribution in [1.29, 1.82) is 0 Å². The van der Waals surface area contributed by atoms with Crippen molar-refractivity contribution in [2.75, 3.05) is 31.1 Å². The highest BCUT2D eigenvalue weighted by molar-refractivity contribution is 7.20. The van der Waals surface area contributed by atoms with Gasteiger partial charge in [-0.3, -0.25) is 4.79 Å². The van der Waals surface area contributed by atoms with Crippen molar-refractivity contribution in [3.05, 3.63) is 64.0 Å². The van der Waals surface area contributed by atoms with Crippen molar-refractivity contribution in [2.45, 2.75) is 6.92 Å². The lowest BCUT2D eigenvalue weighted by atomic mass is 10.1. The van der Waals surface area contributed by atoms with Gasteiger partial charge in [0.2, 0.25) is 0 Å². The number of carbonyl (C=O) groups is 1. The fourth-order valence-corrected chi connectivity index (χ4v) is 4.51. The van der Waals surface area contributed by atoms with Crippen molar-refractivity contribution in [3.63, 3.8) is 0 Å². The van der Waals surface area contributed by atoms with E-state index in [1.165, 1.54) is 16.0 Å². The molecule has 0 unspecified atom stereocenters. The lowest BCUT2D eigenvalue weighted by Gasteiger charge is -2.36. The van der Waals surface area contributed by atoms with E-state index in [1.807, 2.05) is 41.3 Å². The second-order valence-corrected chi connectivity index (χ2v) is 7.88. The van der Waals surface area contributed by atoms with Crippen LogP contribution >= 0.6 is 22.9 Å². The van der Waals surface area contributed by atoms with Gasteiger partial charge in [-0.2, -0.15) is 0 Å². The number of anilines is 1. The van der Waals surface area contributed by atoms with Crippen molar-refractivity contribution in [2.24, 2.45) is 0 Å². The molecule has 0 atom stereocenters. The van der Waals surface area contributed by atoms with Crippen LogP contribution in [0.2, 0.25) is 5.02 Å². The van der Waals surface area contributed by atoms with Crippen molar-refractivity contribution < 1.29 is 4.79 Å². The number of hydrogen-bond acceptors (Lipinski definition) is 3. The van der Waals surface area contributed by atoms with Gasteiger partial charge >= 0.3 is 0 Å². The predicted octanol–water partition coefficient (Wildman–Crippen LogP) is 4.83. The van der Waals surface area contributed by atoms with Crippen LogP contribution in [0.15, 0.2) is 48.5 Å². The molecule has 1 fully saturated rings. The Balaban J connectivity index is 1.47. The first kappa shape index (κ1) is 16.4. The summed E-state index contributed by atoms with van der Waals surface area (Å²) in [6, 6.07) is 16.1. The Morgan fingerprint density at radius 2 is 1.80 bits per heavy atom. The molecule has 1 aliphatic heterocycles. The SMILES string of the molecule is Cc1ccc(Cl)cc1N1CCN(C(=O)c2cc3ccccc3s2)CC1. The van der Waals surface area contributed by atoms with E-state index in [-0.39, 0.29) is 5.91 Å². The predicted molar refractivity (Wildman–Crippen MR) is 106 cm³/mol. The molecule has 0 radical (unpaired) electrons. The summed E-state index contributed by atoms with van der Waals surface area (Å²) in [6.07, 6.45) is 0. The molecule has 2 heterocycles. The maximum Gasteiger partial charge on any atom is 0.264 e. The van der Waals surface area contributed by atoms with E-state index in [0.717, 1.165) is 41.5 Å². The summed E-state index contributed by atoms with van der Waals surface area (Å²) in [4.78, 5) is 17.9. The summed E-state index contributed by atoms with van der Waals surface area (Å²) in [6.45, 7) is 5.23. The molecule has 0 saturated carbocycles. The number of benzene rings is 2. The third-order valence-electron chi connectivity index (χ3n) is 4.72. The fourth-order valence-electron chi connectivity index (χ4n) is 3.32. The van der Waals surface area contributed by atoms with E-state index < -0.39 is 0 Å². The lowest BCUT2D eigenvalue weighted by Crippen LogP contribution is -2.48. The second-order valence-electron chi connectivity index (χ2n) is 6.36. The molecule has 25 heavy (non-hydrogen) atoms. The molecule has 3 aromatic rings. The van der Waals surface area contributed by atoms with Gasteiger partial charge in [0.1, 0.15) is 0 Å². The van der Waals surface area contributed by atoms with E-state index in [9.17, 15) is 4.79 Å². The zero-order chi connectivity index (χ0) is 17.4. The van der Waals surface area contributed by atoms with Gasteiger partial charge in [0.25, 0.3) is 5.91 Å². The van der Waals surface area contributed by atoms with Crippen LogP contribution in [0.4, 0.5) is 5.69 Å². The zero-order valence-electron chi connectivity index (χ0n) is 14.0. The molecule has 1 saturated heterocycles. The molecule has 4 rings (SSSR count). The maximum absolute atomic E-state index is 12.8. The van der Waals surface area contributed by atoms with Crippen molar-refractivity contribution in [3.8, 4) is 0 Å². The van der Waals surface area contributed by atoms with Crippen LogP contribution in [-0.2, 0) is 0 Å². The van der Waals surface area contributed by atoms with Gasteiger partial charge in [-0.1, -0.05) is 35.9 Å². The Bertz CT molecular complexity index is 895. The number of carbonyl (C=O) groups excluding carboxylic acids is 1. The molecular formula is C20H19ClN2OS. The summed E-state index contributed by atoms with van der Waals surface area (Å²) in [5, 5.41) is 1.90. The van der Waals surface area contributed by atoms with E-state index in [4.69, 9.17) is 11.6 Å². The molecule has 1 amide bonds. The van der Waals surface area contributed by atoms with E-state index >= 15 is 0 Å². The number of fused-ring (bicyclic) bond motifs is 1. The Morgan fingerprint density at radius 3 is 2.56 bits per heavy atom. The standard InChI is InChI=1S/C20H19ClN2OS/c1-14-6-7-16(21)13-17(14)22-8-10-23(11-9-22)20(24)19-12-15-4-2-3-5-18(15)25-19/h2-7,12-13H,8-11H2,1H3. The maximum atomic E-state index is 12.8. The Morgan fingerprint density at radius 1 is 1.04 bits per heavy atom. The summed E-state index contributed by atoms with van der Waals surface area (Å²) in [5.74, 6) is 0.142. The number of thiophene rings is 1. The third kappa shape index (κ3) is 3.24. The summed E-state index contributed by atoms with van der Waals surface area (Å²) >= 11 is 7.72. The van der Waals surface area contributed by atoms with Crippen molar-refractivity contribution in [1.82, 2.24) is 4.90 Å². The lowest BCUT2D eigenvalue weighted by molar-refractivity contribution is 0.0751. The molecule has 0 N–H and O–H groups in total. The monoisotopic (exact) mass is 370 g/mol. The van der Waals surface area contributed by atoms with Crippen LogP contribution in [0.1, 0.15) is 15.2 Å². The average molecular weight is 371 g/mol. The number of aryl methyl sites for hydroxylation is 1. The Hall–Kier alpha value is -2.04. The number of rotatable bonds is 2. The Labute approximate surface area is 156 Å². The normalized spacial score (nSPS) is 15.0. The topological polar surface area (TPSA) is 23.6 Å². The molecule has 3 nitrogen and oxygen atoms in total. The van der Waals surface area contributed by atoms with Gasteiger partial charge in [0.15, 0.2) is 0 Å². The Kier molecular flexibility index (Phi) is 4.40. The highest BCUT2D eigenvalue weighted by Crippen LogP contribution is 2.28. The molecule has 1 aliphatic rings. The molecule has 0 bridgehead atoms. The second kappa shape index (κ2) is 6.70. The number of nitrogens with zero attached hydrogens (tertiary/aromatic N) is 2. The molecule has 2 aromatic carbocycles. The minimum atomic E-state index is 0.142. The molecule has 0 spiro atoms. The third-order valence-corrected chi connectivity index (χ3v) is 6.05. The minimum absolute atomic E-state index is 0.142. The summed E-state index contributed by atoms with van der Waals surface area (Å²) in [5.41, 5.74) is 2.38. The summed E-state index contributed by atoms with van der Waals surface area (Å²) in [7, 11) is 0. The van der Waals surface area contributed by atoms with E-state index in [0.29, 0.717) is 0 Å². The number of amides is 1. The highest BCUT2D eigenvalue weighted by atomic mass is 35.5. The van der Waals surface area contributed by atoms with Crippen LogP contribution in [0.25, 0.3) is 10.1 Å². The smallest absolute Gasteiger partial charge is 0.264 e. The minimum Gasteiger partial charge on any atom is -0.368 e. The van der Waals surface area contributed by atoms with E-state index in [1.54, 1.807) is 11.3 Å². The first-order valence-electron chi connectivity index (χ1n) is 8.41. The van der Waals surface area contributed by atoms with Gasteiger partial charge in [-0.05, 0) is 42.1 Å². The number of halogens is 1. The average Bonchev–Trinajstić information content (AvgIpc) is 3.07. The quantitative estimate of drug-likeness (QED) is 0.645. The fraction of sp³-hybridized carbons (Fsp3) is 0.250. The van der Waals surface area contributed by atoms with Crippen LogP contribution in [0.5, 0.6) is 0 Å². The molecule has 0 aliphatic carbocycles. The van der Waals surface area contributed by atoms with Crippen molar-refractivity contribution >= 4 is 44.6 Å². The molecule has 1 aromatic heterocycles. The van der Waals surface area contributed by atoms with Crippen LogP contribution in [0.3, 0.4) is 0 Å². The van der Waals surface area contributed by atoms with Crippen LogP contribution in [-0.4, -0.2) is 37.0 Å².